The van der Waals surface area contributed by atoms with Crippen molar-refractivity contribution in [3.05, 3.63) is 106 Å². The Hall–Kier alpha value is -3.11. The van der Waals surface area contributed by atoms with Crippen LogP contribution in [-0.4, -0.2) is 48.7 Å². The maximum Gasteiger partial charge on any atom is 0.287 e. The van der Waals surface area contributed by atoms with Crippen LogP contribution >= 0.6 is 23.4 Å². The molecule has 0 saturated carbocycles. The van der Waals surface area contributed by atoms with E-state index in [1.165, 1.54) is 20.7 Å². The summed E-state index contributed by atoms with van der Waals surface area (Å²) in [5.74, 6) is 0. The van der Waals surface area contributed by atoms with Crippen molar-refractivity contribution in [3.8, 4) is 5.69 Å². The van der Waals surface area contributed by atoms with Gasteiger partial charge in [-0.05, 0) is 61.0 Å². The number of piperazine rings is 1. The quantitative estimate of drug-likeness (QED) is 0.340. The van der Waals surface area contributed by atoms with Crippen LogP contribution in [-0.2, 0) is 10.0 Å². The molecule has 1 aliphatic rings. The molecule has 0 aliphatic carbocycles. The Morgan fingerprint density at radius 3 is 2.27 bits per heavy atom. The zero-order chi connectivity index (χ0) is 26.0. The lowest BCUT2D eigenvalue weighted by atomic mass is 10.2. The molecular weight excluding hydrogens is 528 g/mol. The number of halogens is 1. The lowest BCUT2D eigenvalue weighted by Crippen LogP contribution is -2.49. The largest absolute Gasteiger partial charge is 0.367 e. The lowest BCUT2D eigenvalue weighted by Gasteiger charge is -2.36. The van der Waals surface area contributed by atoms with Gasteiger partial charge in [0.2, 0.25) is 10.0 Å². The second-order valence-electron chi connectivity index (χ2n) is 8.68. The summed E-state index contributed by atoms with van der Waals surface area (Å²) in [7, 11) is -3.60. The van der Waals surface area contributed by atoms with Gasteiger partial charge in [-0.15, -0.1) is 0 Å². The Kier molecular flexibility index (Phi) is 7.39. The fourth-order valence-corrected chi connectivity index (χ4v) is 6.84. The number of aromatic nitrogens is 2. The normalized spacial score (nSPS) is 14.6. The number of nitrogens with zero attached hydrogens (tertiary/aromatic N) is 4. The number of hydrogen-bond acceptors (Lipinski definition) is 6. The third-order valence-corrected chi connectivity index (χ3v) is 9.40. The van der Waals surface area contributed by atoms with Gasteiger partial charge in [-0.25, -0.2) is 8.42 Å². The van der Waals surface area contributed by atoms with Crippen LogP contribution in [0.5, 0.6) is 0 Å². The van der Waals surface area contributed by atoms with Crippen LogP contribution in [0.25, 0.3) is 5.69 Å². The molecule has 0 unspecified atom stereocenters. The maximum absolute atomic E-state index is 13.7. The van der Waals surface area contributed by atoms with Crippen molar-refractivity contribution in [1.82, 2.24) is 14.1 Å². The summed E-state index contributed by atoms with van der Waals surface area (Å²) >= 11 is 7.41. The highest BCUT2D eigenvalue weighted by Crippen LogP contribution is 2.34. The molecule has 37 heavy (non-hydrogen) atoms. The van der Waals surface area contributed by atoms with Crippen molar-refractivity contribution < 1.29 is 8.42 Å². The Labute approximate surface area is 225 Å². The van der Waals surface area contributed by atoms with Crippen molar-refractivity contribution in [3.63, 3.8) is 0 Å². The first-order valence-electron chi connectivity index (χ1n) is 11.8. The van der Waals surface area contributed by atoms with Gasteiger partial charge in [0.1, 0.15) is 4.90 Å². The minimum absolute atomic E-state index is 0.238. The summed E-state index contributed by atoms with van der Waals surface area (Å²) in [5.41, 5.74) is 2.02. The Bertz CT molecular complexity index is 1570. The van der Waals surface area contributed by atoms with Gasteiger partial charge in [0.25, 0.3) is 5.56 Å². The van der Waals surface area contributed by atoms with E-state index in [1.807, 2.05) is 60.4 Å². The Morgan fingerprint density at radius 1 is 0.892 bits per heavy atom. The average molecular weight is 553 g/mol. The number of hydrogen-bond donors (Lipinski definition) is 0. The van der Waals surface area contributed by atoms with E-state index in [4.69, 9.17) is 11.6 Å². The van der Waals surface area contributed by atoms with E-state index in [9.17, 15) is 13.2 Å². The van der Waals surface area contributed by atoms with Crippen molar-refractivity contribution in [1.29, 1.82) is 0 Å². The molecule has 0 N–H and O–H groups in total. The van der Waals surface area contributed by atoms with E-state index in [2.05, 4.69) is 5.10 Å². The Balaban J connectivity index is 1.45. The van der Waals surface area contributed by atoms with Gasteiger partial charge in [0.15, 0.2) is 0 Å². The zero-order valence-electron chi connectivity index (χ0n) is 20.1. The van der Waals surface area contributed by atoms with E-state index in [1.54, 1.807) is 36.5 Å². The first kappa shape index (κ1) is 25.5. The summed E-state index contributed by atoms with van der Waals surface area (Å²) in [4.78, 5) is 17.4. The molecule has 0 spiro atoms. The highest BCUT2D eigenvalue weighted by Gasteiger charge is 2.30. The lowest BCUT2D eigenvalue weighted by molar-refractivity contribution is 0.384. The molecule has 1 aliphatic heterocycles. The smallest absolute Gasteiger partial charge is 0.287 e. The second-order valence-corrected chi connectivity index (χ2v) is 12.1. The SMILES string of the molecule is Cc1cccc(S(=O)(=O)N2CCN(c3cnn(-c4ccccc4)c(=O)c3Sc3ccc(Cl)cc3)CC2)c1. The monoisotopic (exact) mass is 552 g/mol. The van der Waals surface area contributed by atoms with Crippen molar-refractivity contribution in [2.45, 2.75) is 21.6 Å². The van der Waals surface area contributed by atoms with Gasteiger partial charge in [0.05, 0.1) is 22.5 Å². The first-order valence-corrected chi connectivity index (χ1v) is 14.4. The summed E-state index contributed by atoms with van der Waals surface area (Å²) < 4.78 is 29.3. The third kappa shape index (κ3) is 5.45. The number of sulfonamides is 1. The molecule has 3 aromatic carbocycles. The maximum atomic E-state index is 13.7. The molecule has 5 rings (SSSR count). The van der Waals surface area contributed by atoms with Crippen LogP contribution in [0.3, 0.4) is 0 Å². The van der Waals surface area contributed by atoms with Crippen molar-refractivity contribution in [2.75, 3.05) is 31.1 Å². The van der Waals surface area contributed by atoms with Crippen molar-refractivity contribution in [2.24, 2.45) is 0 Å². The summed E-state index contributed by atoms with van der Waals surface area (Å²) in [5, 5.41) is 5.08. The van der Waals surface area contributed by atoms with Gasteiger partial charge in [0, 0.05) is 36.1 Å². The van der Waals surface area contributed by atoms with E-state index in [-0.39, 0.29) is 5.56 Å². The Morgan fingerprint density at radius 2 is 1.59 bits per heavy atom. The fourth-order valence-electron chi connectivity index (χ4n) is 4.22. The minimum Gasteiger partial charge on any atom is -0.367 e. The molecule has 1 saturated heterocycles. The number of benzene rings is 3. The van der Waals surface area contributed by atoms with Crippen LogP contribution in [0, 0.1) is 6.92 Å². The van der Waals surface area contributed by atoms with E-state index >= 15 is 0 Å². The molecule has 0 amide bonds. The third-order valence-electron chi connectivity index (χ3n) is 6.16. The van der Waals surface area contributed by atoms with Gasteiger partial charge in [-0.1, -0.05) is 53.7 Å². The molecule has 10 heteroatoms. The van der Waals surface area contributed by atoms with Crippen molar-refractivity contribution >= 4 is 39.1 Å². The highest BCUT2D eigenvalue weighted by atomic mass is 35.5. The first-order chi connectivity index (χ1) is 17.8. The van der Waals surface area contributed by atoms with E-state index in [0.717, 1.165) is 10.5 Å². The number of anilines is 1. The number of para-hydroxylation sites is 1. The predicted molar refractivity (Wildman–Crippen MR) is 148 cm³/mol. The topological polar surface area (TPSA) is 75.5 Å². The molecular formula is C27H25ClN4O3S2. The molecule has 0 radical (unpaired) electrons. The molecule has 4 aromatic rings. The van der Waals surface area contributed by atoms with E-state index < -0.39 is 10.0 Å². The second kappa shape index (κ2) is 10.7. The summed E-state index contributed by atoms with van der Waals surface area (Å²) in [6.45, 7) is 3.37. The number of rotatable bonds is 6. The molecule has 190 valence electrons. The van der Waals surface area contributed by atoms with Gasteiger partial charge in [-0.3, -0.25) is 4.79 Å². The van der Waals surface area contributed by atoms with E-state index in [0.29, 0.717) is 52.4 Å². The number of aryl methyl sites for hydroxylation is 1. The predicted octanol–water partition coefficient (Wildman–Crippen LogP) is 4.86. The molecule has 7 nitrogen and oxygen atoms in total. The van der Waals surface area contributed by atoms with Crippen LogP contribution < -0.4 is 10.5 Å². The fraction of sp³-hybridized carbons (Fsp3) is 0.185. The minimum atomic E-state index is -3.60. The standard InChI is InChI=1S/C27H25ClN4O3S2/c1-20-6-5-9-24(18-20)37(34,35)31-16-14-30(15-17-31)25-19-29-32(22-7-3-2-4-8-22)27(33)26(25)36-23-12-10-21(28)11-13-23/h2-13,18-19H,14-17H2,1H3. The molecule has 0 atom stereocenters. The van der Waals surface area contributed by atoms with Crippen LogP contribution in [0.1, 0.15) is 5.56 Å². The van der Waals surface area contributed by atoms with Gasteiger partial charge < -0.3 is 4.90 Å². The van der Waals surface area contributed by atoms with Crippen LogP contribution in [0.4, 0.5) is 5.69 Å². The van der Waals surface area contributed by atoms with Crippen LogP contribution in [0.15, 0.2) is 105 Å². The zero-order valence-corrected chi connectivity index (χ0v) is 22.5. The molecule has 1 aromatic heterocycles. The average Bonchev–Trinajstić information content (AvgIpc) is 2.91. The molecule has 0 bridgehead atoms. The highest BCUT2D eigenvalue weighted by molar-refractivity contribution is 7.99. The summed E-state index contributed by atoms with van der Waals surface area (Å²) in [6, 6.07) is 23.5. The summed E-state index contributed by atoms with van der Waals surface area (Å²) in [6.07, 6.45) is 1.69. The van der Waals surface area contributed by atoms with Gasteiger partial charge >= 0.3 is 0 Å². The molecule has 1 fully saturated rings. The van der Waals surface area contributed by atoms with Gasteiger partial charge in [-0.2, -0.15) is 14.1 Å². The van der Waals surface area contributed by atoms with Crippen LogP contribution in [0.2, 0.25) is 5.02 Å². The molecule has 2 heterocycles.